The number of aliphatic carboxylic acids is 2. The number of benzene rings is 2. The Kier molecular flexibility index (Phi) is 10.8. The summed E-state index contributed by atoms with van der Waals surface area (Å²) in [7, 11) is 0. The third-order valence-electron chi connectivity index (χ3n) is 5.51. The fraction of sp³-hybridized carbons (Fsp3) is 0.440. The van der Waals surface area contributed by atoms with Gasteiger partial charge < -0.3 is 15.1 Å². The molecular weight excluding hydrogens is 392 g/mol. The molecule has 6 nitrogen and oxygen atoms in total. The first-order valence-corrected chi connectivity index (χ1v) is 11.1. The van der Waals surface area contributed by atoms with Crippen LogP contribution < -0.4 is 0 Å². The summed E-state index contributed by atoms with van der Waals surface area (Å²) in [5.41, 5.74) is 2.81. The fourth-order valence-corrected chi connectivity index (χ4v) is 3.89. The maximum atomic E-state index is 9.10. The smallest absolute Gasteiger partial charge is 0.414 e. The average Bonchev–Trinajstić information content (AvgIpc) is 2.80. The topological polar surface area (TPSA) is 81.1 Å². The van der Waals surface area contributed by atoms with Crippen LogP contribution in [0.4, 0.5) is 0 Å². The zero-order chi connectivity index (χ0) is 22.5. The van der Waals surface area contributed by atoms with Gasteiger partial charge in [-0.2, -0.15) is 0 Å². The molecule has 0 saturated carbocycles. The lowest BCUT2D eigenvalue weighted by Crippen LogP contribution is -2.48. The predicted molar refractivity (Wildman–Crippen MR) is 122 cm³/mol. The van der Waals surface area contributed by atoms with Crippen LogP contribution in [0.2, 0.25) is 0 Å². The Hall–Kier alpha value is -2.70. The molecule has 0 aliphatic carbocycles. The average molecular weight is 427 g/mol. The van der Waals surface area contributed by atoms with Crippen molar-refractivity contribution < 1.29 is 19.8 Å². The minimum absolute atomic E-state index is 0.379. The van der Waals surface area contributed by atoms with Gasteiger partial charge >= 0.3 is 11.9 Å². The van der Waals surface area contributed by atoms with E-state index in [1.165, 1.54) is 56.4 Å². The van der Waals surface area contributed by atoms with Crippen LogP contribution in [-0.2, 0) is 9.59 Å². The van der Waals surface area contributed by atoms with Crippen LogP contribution in [0, 0.1) is 0 Å². The molecule has 0 aromatic heterocycles. The lowest BCUT2D eigenvalue weighted by molar-refractivity contribution is -0.159. The quantitative estimate of drug-likeness (QED) is 0.488. The molecule has 1 aliphatic heterocycles. The highest BCUT2D eigenvalue weighted by molar-refractivity contribution is 6.27. The monoisotopic (exact) mass is 426 g/mol. The largest absolute Gasteiger partial charge is 0.473 e. The van der Waals surface area contributed by atoms with Crippen molar-refractivity contribution in [1.29, 1.82) is 0 Å². The molecule has 6 heteroatoms. The summed E-state index contributed by atoms with van der Waals surface area (Å²) in [6, 6.07) is 22.3. The summed E-state index contributed by atoms with van der Waals surface area (Å²) in [4.78, 5) is 23.5. The van der Waals surface area contributed by atoms with Crippen molar-refractivity contribution in [2.24, 2.45) is 0 Å². The van der Waals surface area contributed by atoms with Crippen LogP contribution in [0.1, 0.15) is 49.8 Å². The standard InChI is InChI=1S/C23H32N2.C2H2O4/c1-2-3-4-11-16-24-17-19-25(20-18-24)23(21-12-7-5-8-13-21)22-14-9-6-10-15-22;3-1(4)2(5)6/h5-10,12-15,23H,2-4,11,16-20H2,1H3;(H,3,4)(H,5,6). The van der Waals surface area contributed by atoms with Gasteiger partial charge in [0.15, 0.2) is 0 Å². The molecule has 2 aromatic carbocycles. The summed E-state index contributed by atoms with van der Waals surface area (Å²) in [5.74, 6) is -3.65. The highest BCUT2D eigenvalue weighted by atomic mass is 16.4. The molecule has 168 valence electrons. The second kappa shape index (κ2) is 13.6. The molecule has 0 amide bonds. The molecule has 1 saturated heterocycles. The highest BCUT2D eigenvalue weighted by Crippen LogP contribution is 2.29. The molecule has 31 heavy (non-hydrogen) atoms. The molecule has 0 spiro atoms. The van der Waals surface area contributed by atoms with Gasteiger partial charge in [0.1, 0.15) is 0 Å². The number of rotatable bonds is 8. The van der Waals surface area contributed by atoms with Gasteiger partial charge in [-0.15, -0.1) is 0 Å². The second-order valence-electron chi connectivity index (χ2n) is 7.77. The first kappa shape index (κ1) is 24.6. The van der Waals surface area contributed by atoms with Crippen molar-refractivity contribution in [1.82, 2.24) is 9.80 Å². The van der Waals surface area contributed by atoms with Crippen molar-refractivity contribution in [3.63, 3.8) is 0 Å². The van der Waals surface area contributed by atoms with Crippen molar-refractivity contribution >= 4 is 11.9 Å². The maximum Gasteiger partial charge on any atom is 0.414 e. The van der Waals surface area contributed by atoms with E-state index in [0.29, 0.717) is 6.04 Å². The summed E-state index contributed by atoms with van der Waals surface area (Å²) >= 11 is 0. The molecule has 3 rings (SSSR count). The Labute approximate surface area is 185 Å². The molecule has 0 atom stereocenters. The van der Waals surface area contributed by atoms with Crippen molar-refractivity contribution in [3.05, 3.63) is 71.8 Å². The summed E-state index contributed by atoms with van der Waals surface area (Å²) in [6.45, 7) is 8.26. The number of piperazine rings is 1. The minimum Gasteiger partial charge on any atom is -0.473 e. The number of unbranched alkanes of at least 4 members (excludes halogenated alkanes) is 3. The van der Waals surface area contributed by atoms with E-state index in [1.807, 2.05) is 0 Å². The minimum atomic E-state index is -1.82. The van der Waals surface area contributed by atoms with E-state index in [9.17, 15) is 0 Å². The van der Waals surface area contributed by atoms with Gasteiger partial charge in [-0.3, -0.25) is 4.90 Å². The molecule has 1 aliphatic rings. The van der Waals surface area contributed by atoms with Crippen LogP contribution in [0.25, 0.3) is 0 Å². The van der Waals surface area contributed by atoms with E-state index < -0.39 is 11.9 Å². The van der Waals surface area contributed by atoms with Gasteiger partial charge in [-0.25, -0.2) is 9.59 Å². The molecule has 2 aromatic rings. The molecule has 0 bridgehead atoms. The van der Waals surface area contributed by atoms with Crippen molar-refractivity contribution in [2.75, 3.05) is 32.7 Å². The van der Waals surface area contributed by atoms with Gasteiger partial charge in [0.2, 0.25) is 0 Å². The number of hydrogen-bond donors (Lipinski definition) is 2. The van der Waals surface area contributed by atoms with E-state index in [0.717, 1.165) is 13.1 Å². The van der Waals surface area contributed by atoms with E-state index in [2.05, 4.69) is 77.4 Å². The number of hydrogen-bond acceptors (Lipinski definition) is 4. The van der Waals surface area contributed by atoms with Crippen LogP contribution in [0.15, 0.2) is 60.7 Å². The van der Waals surface area contributed by atoms with E-state index >= 15 is 0 Å². The van der Waals surface area contributed by atoms with Crippen molar-refractivity contribution in [3.8, 4) is 0 Å². The third-order valence-corrected chi connectivity index (χ3v) is 5.51. The van der Waals surface area contributed by atoms with Crippen LogP contribution in [-0.4, -0.2) is 64.7 Å². The Morgan fingerprint density at radius 3 is 1.68 bits per heavy atom. The maximum absolute atomic E-state index is 9.10. The molecule has 0 unspecified atom stereocenters. The Morgan fingerprint density at radius 1 is 0.774 bits per heavy atom. The first-order chi connectivity index (χ1) is 15.0. The van der Waals surface area contributed by atoms with Crippen molar-refractivity contribution in [2.45, 2.75) is 38.6 Å². The number of carboxylic acid groups (broad SMARTS) is 2. The zero-order valence-electron chi connectivity index (χ0n) is 18.3. The normalized spacial score (nSPS) is 14.6. The second-order valence-corrected chi connectivity index (χ2v) is 7.77. The Morgan fingerprint density at radius 2 is 1.26 bits per heavy atom. The predicted octanol–water partition coefficient (Wildman–Crippen LogP) is 4.13. The van der Waals surface area contributed by atoms with E-state index in [4.69, 9.17) is 19.8 Å². The number of carbonyl (C=O) groups is 2. The molecule has 0 radical (unpaired) electrons. The van der Waals surface area contributed by atoms with Gasteiger partial charge in [0, 0.05) is 26.2 Å². The fourth-order valence-electron chi connectivity index (χ4n) is 3.89. The first-order valence-electron chi connectivity index (χ1n) is 11.1. The van der Waals surface area contributed by atoms with E-state index in [-0.39, 0.29) is 0 Å². The lowest BCUT2D eigenvalue weighted by atomic mass is 9.96. The third kappa shape index (κ3) is 8.52. The Bertz CT molecular complexity index is 723. The zero-order valence-corrected chi connectivity index (χ0v) is 18.3. The van der Waals surface area contributed by atoms with Gasteiger partial charge in [-0.05, 0) is 24.1 Å². The van der Waals surface area contributed by atoms with Crippen LogP contribution in [0.3, 0.4) is 0 Å². The van der Waals surface area contributed by atoms with Gasteiger partial charge in [0.05, 0.1) is 6.04 Å². The van der Waals surface area contributed by atoms with Gasteiger partial charge in [0.25, 0.3) is 0 Å². The summed E-state index contributed by atoms with van der Waals surface area (Å²) in [6.07, 6.45) is 5.44. The molecule has 2 N–H and O–H groups in total. The van der Waals surface area contributed by atoms with Gasteiger partial charge in [-0.1, -0.05) is 86.8 Å². The number of nitrogens with zero attached hydrogens (tertiary/aromatic N) is 2. The summed E-state index contributed by atoms with van der Waals surface area (Å²) < 4.78 is 0. The lowest BCUT2D eigenvalue weighted by Gasteiger charge is -2.39. The molecular formula is C25H34N2O4. The van der Waals surface area contributed by atoms with Crippen LogP contribution in [0.5, 0.6) is 0 Å². The number of carboxylic acids is 2. The van der Waals surface area contributed by atoms with Crippen LogP contribution >= 0.6 is 0 Å². The molecule has 1 fully saturated rings. The SMILES string of the molecule is CCCCCCN1CCN(C(c2ccccc2)c2ccccc2)CC1.O=C(O)C(=O)O. The molecule has 1 heterocycles. The van der Waals surface area contributed by atoms with E-state index in [1.54, 1.807) is 0 Å². The summed E-state index contributed by atoms with van der Waals surface area (Å²) in [5, 5.41) is 14.8. The Balaban J connectivity index is 0.000000501. The highest BCUT2D eigenvalue weighted by Gasteiger charge is 2.25.